The quantitative estimate of drug-likeness (QED) is 0.539. The number of rotatable bonds is 3. The van der Waals surface area contributed by atoms with Gasteiger partial charge in [0, 0.05) is 11.1 Å². The molecule has 0 fully saturated rings. The summed E-state index contributed by atoms with van der Waals surface area (Å²) in [5, 5.41) is 2.12. The summed E-state index contributed by atoms with van der Waals surface area (Å²) in [6.45, 7) is 4.24. The van der Waals surface area contributed by atoms with E-state index < -0.39 is 0 Å². The van der Waals surface area contributed by atoms with Crippen LogP contribution in [0.5, 0.6) is 0 Å². The third-order valence-corrected chi connectivity index (χ3v) is 5.08. The SMILES string of the molecule is Cc1ccc2[nH]c(SCc3ccc4ccccc4n3)nc2c1C. The molecule has 0 spiro atoms. The molecule has 0 bridgehead atoms. The fourth-order valence-electron chi connectivity index (χ4n) is 2.69. The van der Waals surface area contributed by atoms with Crippen molar-refractivity contribution in [2.75, 3.05) is 0 Å². The Bertz CT molecular complexity index is 1000. The number of aromatic amines is 1. The second kappa shape index (κ2) is 5.70. The highest BCUT2D eigenvalue weighted by atomic mass is 32.2. The third-order valence-electron chi connectivity index (χ3n) is 4.17. The molecule has 0 saturated heterocycles. The Balaban J connectivity index is 1.59. The lowest BCUT2D eigenvalue weighted by molar-refractivity contribution is 1.07. The molecule has 0 aliphatic heterocycles. The minimum Gasteiger partial charge on any atom is -0.333 e. The van der Waals surface area contributed by atoms with Gasteiger partial charge in [-0.3, -0.25) is 4.98 Å². The Morgan fingerprint density at radius 3 is 2.74 bits per heavy atom. The number of nitrogens with zero attached hydrogens (tertiary/aromatic N) is 2. The molecule has 114 valence electrons. The van der Waals surface area contributed by atoms with Crippen LogP contribution in [0.25, 0.3) is 21.9 Å². The number of pyridine rings is 1. The van der Waals surface area contributed by atoms with Crippen LogP contribution in [0.4, 0.5) is 0 Å². The van der Waals surface area contributed by atoms with Crippen molar-refractivity contribution in [1.29, 1.82) is 0 Å². The van der Waals surface area contributed by atoms with Crippen LogP contribution in [-0.4, -0.2) is 15.0 Å². The van der Waals surface area contributed by atoms with E-state index in [-0.39, 0.29) is 0 Å². The Morgan fingerprint density at radius 2 is 1.83 bits per heavy atom. The van der Waals surface area contributed by atoms with E-state index in [0.29, 0.717) is 0 Å². The van der Waals surface area contributed by atoms with Crippen LogP contribution >= 0.6 is 11.8 Å². The molecule has 4 rings (SSSR count). The minimum atomic E-state index is 0.808. The first-order valence-electron chi connectivity index (χ1n) is 7.64. The lowest BCUT2D eigenvalue weighted by atomic mass is 10.1. The maximum absolute atomic E-state index is 4.73. The van der Waals surface area contributed by atoms with Crippen LogP contribution in [-0.2, 0) is 5.75 Å². The van der Waals surface area contributed by atoms with Gasteiger partial charge >= 0.3 is 0 Å². The van der Waals surface area contributed by atoms with E-state index in [1.165, 1.54) is 16.5 Å². The third kappa shape index (κ3) is 2.70. The van der Waals surface area contributed by atoms with E-state index >= 15 is 0 Å². The van der Waals surface area contributed by atoms with Gasteiger partial charge in [0.2, 0.25) is 0 Å². The van der Waals surface area contributed by atoms with Gasteiger partial charge in [0.1, 0.15) is 0 Å². The number of hydrogen-bond acceptors (Lipinski definition) is 3. The molecule has 0 unspecified atom stereocenters. The predicted molar refractivity (Wildman–Crippen MR) is 96.9 cm³/mol. The van der Waals surface area contributed by atoms with Crippen LogP contribution in [0.3, 0.4) is 0 Å². The van der Waals surface area contributed by atoms with Crippen molar-refractivity contribution in [3.63, 3.8) is 0 Å². The maximum atomic E-state index is 4.73. The summed E-state index contributed by atoms with van der Waals surface area (Å²) >= 11 is 1.69. The number of fused-ring (bicyclic) bond motifs is 2. The van der Waals surface area contributed by atoms with Crippen molar-refractivity contribution in [2.45, 2.75) is 24.8 Å². The van der Waals surface area contributed by atoms with E-state index in [1.54, 1.807) is 11.8 Å². The topological polar surface area (TPSA) is 41.6 Å². The molecule has 0 radical (unpaired) electrons. The summed E-state index contributed by atoms with van der Waals surface area (Å²) in [7, 11) is 0. The van der Waals surface area contributed by atoms with Gasteiger partial charge in [0.05, 0.1) is 22.2 Å². The Kier molecular flexibility index (Phi) is 3.54. The van der Waals surface area contributed by atoms with Crippen molar-refractivity contribution in [3.8, 4) is 0 Å². The molecule has 3 nitrogen and oxygen atoms in total. The van der Waals surface area contributed by atoms with E-state index in [2.05, 4.69) is 55.2 Å². The van der Waals surface area contributed by atoms with Crippen LogP contribution in [0, 0.1) is 13.8 Å². The Labute approximate surface area is 139 Å². The minimum absolute atomic E-state index is 0.808. The summed E-state index contributed by atoms with van der Waals surface area (Å²) < 4.78 is 0. The number of imidazole rings is 1. The second-order valence-electron chi connectivity index (χ2n) is 5.73. The van der Waals surface area contributed by atoms with Gasteiger partial charge in [-0.15, -0.1) is 0 Å². The number of aromatic nitrogens is 3. The highest BCUT2D eigenvalue weighted by molar-refractivity contribution is 7.98. The second-order valence-corrected chi connectivity index (χ2v) is 6.69. The smallest absolute Gasteiger partial charge is 0.166 e. The van der Waals surface area contributed by atoms with Crippen molar-refractivity contribution in [1.82, 2.24) is 15.0 Å². The van der Waals surface area contributed by atoms with E-state index in [1.807, 2.05) is 12.1 Å². The van der Waals surface area contributed by atoms with Crippen molar-refractivity contribution in [2.24, 2.45) is 0 Å². The molecule has 2 aromatic heterocycles. The monoisotopic (exact) mass is 319 g/mol. The molecule has 1 N–H and O–H groups in total. The highest BCUT2D eigenvalue weighted by Crippen LogP contribution is 2.26. The van der Waals surface area contributed by atoms with Gasteiger partial charge in [-0.05, 0) is 43.2 Å². The zero-order valence-corrected chi connectivity index (χ0v) is 13.9. The van der Waals surface area contributed by atoms with Crippen molar-refractivity contribution in [3.05, 3.63) is 65.4 Å². The lowest BCUT2D eigenvalue weighted by Gasteiger charge is -2.01. The highest BCUT2D eigenvalue weighted by Gasteiger charge is 2.08. The van der Waals surface area contributed by atoms with Crippen LogP contribution in [0.2, 0.25) is 0 Å². The van der Waals surface area contributed by atoms with Crippen LogP contribution in [0.15, 0.2) is 53.7 Å². The Hall–Kier alpha value is -2.33. The fraction of sp³-hybridized carbons (Fsp3) is 0.158. The molecular formula is C19H17N3S. The van der Waals surface area contributed by atoms with Crippen LogP contribution < -0.4 is 0 Å². The number of para-hydroxylation sites is 1. The average Bonchev–Trinajstić information content (AvgIpc) is 3.00. The van der Waals surface area contributed by atoms with E-state index in [0.717, 1.165) is 33.2 Å². The van der Waals surface area contributed by atoms with Gasteiger partial charge in [-0.2, -0.15) is 0 Å². The molecule has 4 heteroatoms. The molecule has 0 aliphatic rings. The number of benzene rings is 2. The number of hydrogen-bond donors (Lipinski definition) is 1. The van der Waals surface area contributed by atoms with Crippen molar-refractivity contribution < 1.29 is 0 Å². The molecule has 4 aromatic rings. The summed E-state index contributed by atoms with van der Waals surface area (Å²) in [4.78, 5) is 12.8. The predicted octanol–water partition coefficient (Wildman–Crippen LogP) is 5.02. The summed E-state index contributed by atoms with van der Waals surface area (Å²) in [6.07, 6.45) is 0. The maximum Gasteiger partial charge on any atom is 0.166 e. The zero-order chi connectivity index (χ0) is 15.8. The zero-order valence-electron chi connectivity index (χ0n) is 13.1. The Morgan fingerprint density at radius 1 is 0.957 bits per heavy atom. The number of aryl methyl sites for hydroxylation is 2. The first-order valence-corrected chi connectivity index (χ1v) is 8.63. The standard InChI is InChI=1S/C19H17N3S/c1-12-7-10-17-18(13(12)2)22-19(21-17)23-11-15-9-8-14-5-3-4-6-16(14)20-15/h3-10H,11H2,1-2H3,(H,21,22). The first kappa shape index (κ1) is 14.3. The van der Waals surface area contributed by atoms with Crippen LogP contribution in [0.1, 0.15) is 16.8 Å². The van der Waals surface area contributed by atoms with Gasteiger partial charge in [-0.25, -0.2) is 4.98 Å². The average molecular weight is 319 g/mol. The van der Waals surface area contributed by atoms with Gasteiger partial charge in [0.25, 0.3) is 0 Å². The van der Waals surface area contributed by atoms with Gasteiger partial charge < -0.3 is 4.98 Å². The van der Waals surface area contributed by atoms with Crippen molar-refractivity contribution >= 4 is 33.7 Å². The fourth-order valence-corrected chi connectivity index (χ4v) is 3.47. The number of thioether (sulfide) groups is 1. The molecule has 0 saturated carbocycles. The summed E-state index contributed by atoms with van der Waals surface area (Å²) in [5.74, 6) is 0.808. The first-order chi connectivity index (χ1) is 11.2. The summed E-state index contributed by atoms with van der Waals surface area (Å²) in [5.41, 5.74) is 6.80. The number of H-pyrrole nitrogens is 1. The molecule has 23 heavy (non-hydrogen) atoms. The lowest BCUT2D eigenvalue weighted by Crippen LogP contribution is -1.88. The molecular weight excluding hydrogens is 302 g/mol. The van der Waals surface area contributed by atoms with Gasteiger partial charge in [0.15, 0.2) is 5.16 Å². The molecule has 2 heterocycles. The largest absolute Gasteiger partial charge is 0.333 e. The molecule has 0 atom stereocenters. The van der Waals surface area contributed by atoms with Gasteiger partial charge in [-0.1, -0.05) is 42.1 Å². The molecule has 0 amide bonds. The number of nitrogens with one attached hydrogen (secondary N) is 1. The summed E-state index contributed by atoms with van der Waals surface area (Å²) in [6, 6.07) is 16.7. The molecule has 0 aliphatic carbocycles. The molecule has 2 aromatic carbocycles. The van der Waals surface area contributed by atoms with E-state index in [9.17, 15) is 0 Å². The van der Waals surface area contributed by atoms with E-state index in [4.69, 9.17) is 9.97 Å². The normalized spacial score (nSPS) is 11.4.